The zero-order chi connectivity index (χ0) is 11.6. The predicted octanol–water partition coefficient (Wildman–Crippen LogP) is 0.0469. The van der Waals surface area contributed by atoms with Crippen molar-refractivity contribution in [2.75, 3.05) is 13.1 Å². The molecule has 0 aromatic rings. The summed E-state index contributed by atoms with van der Waals surface area (Å²) in [5.41, 5.74) is 5.64. The van der Waals surface area contributed by atoms with Crippen molar-refractivity contribution in [1.29, 1.82) is 0 Å². The minimum atomic E-state index is -1.03. The lowest BCUT2D eigenvalue weighted by Gasteiger charge is -2.22. The zero-order valence-electron chi connectivity index (χ0n) is 9.19. The van der Waals surface area contributed by atoms with Gasteiger partial charge in [-0.05, 0) is 11.8 Å². The van der Waals surface area contributed by atoms with Crippen molar-refractivity contribution < 1.29 is 14.7 Å². The molecule has 1 rings (SSSR count). The Hall–Kier alpha value is -1.10. The summed E-state index contributed by atoms with van der Waals surface area (Å²) in [6.45, 7) is 5.52. The second-order valence-corrected chi connectivity index (χ2v) is 4.88. The van der Waals surface area contributed by atoms with Crippen LogP contribution < -0.4 is 5.73 Å². The topological polar surface area (TPSA) is 83.6 Å². The molecular formula is C10H18N2O3. The van der Waals surface area contributed by atoms with E-state index in [1.807, 2.05) is 0 Å². The number of carbonyl (C=O) groups excluding carboxylic acids is 1. The van der Waals surface area contributed by atoms with Gasteiger partial charge in [-0.2, -0.15) is 0 Å². The third kappa shape index (κ3) is 3.20. The summed E-state index contributed by atoms with van der Waals surface area (Å²) in [7, 11) is 0. The van der Waals surface area contributed by atoms with Crippen LogP contribution in [0.25, 0.3) is 0 Å². The Balaban J connectivity index is 2.51. The number of amides is 1. The first-order chi connectivity index (χ1) is 6.82. The van der Waals surface area contributed by atoms with Crippen LogP contribution in [0, 0.1) is 5.41 Å². The van der Waals surface area contributed by atoms with E-state index in [-0.39, 0.29) is 17.7 Å². The molecular weight excluding hydrogens is 196 g/mol. The van der Waals surface area contributed by atoms with Crippen molar-refractivity contribution in [2.24, 2.45) is 11.1 Å². The summed E-state index contributed by atoms with van der Waals surface area (Å²) in [6.07, 6.45) is 0.647. The predicted molar refractivity (Wildman–Crippen MR) is 55.2 cm³/mol. The molecule has 0 aromatic carbocycles. The third-order valence-electron chi connectivity index (χ3n) is 2.70. The molecule has 1 amide bonds. The molecule has 15 heavy (non-hydrogen) atoms. The molecule has 0 saturated carbocycles. The molecule has 86 valence electrons. The standard InChI is InChI=1S/C10H18N2O3/c1-10(2)3-4-12(6-10)9(15)7(11)5-8(13)14/h7H,3-6,11H2,1-2H3,(H,13,14). The van der Waals surface area contributed by atoms with Gasteiger partial charge in [0.25, 0.3) is 0 Å². The number of carboxylic acid groups (broad SMARTS) is 1. The van der Waals surface area contributed by atoms with E-state index in [2.05, 4.69) is 13.8 Å². The van der Waals surface area contributed by atoms with Crippen molar-refractivity contribution >= 4 is 11.9 Å². The average Bonchev–Trinajstić information content (AvgIpc) is 2.43. The Morgan fingerprint density at radius 1 is 1.53 bits per heavy atom. The highest BCUT2D eigenvalue weighted by Gasteiger charge is 2.34. The number of nitrogens with zero attached hydrogens (tertiary/aromatic N) is 1. The van der Waals surface area contributed by atoms with Crippen LogP contribution in [-0.4, -0.2) is 41.0 Å². The van der Waals surface area contributed by atoms with Gasteiger partial charge < -0.3 is 15.7 Å². The summed E-state index contributed by atoms with van der Waals surface area (Å²) >= 11 is 0. The molecule has 3 N–H and O–H groups in total. The van der Waals surface area contributed by atoms with E-state index in [4.69, 9.17) is 10.8 Å². The van der Waals surface area contributed by atoms with Crippen molar-refractivity contribution in [3.05, 3.63) is 0 Å². The van der Waals surface area contributed by atoms with Gasteiger partial charge in [-0.3, -0.25) is 9.59 Å². The summed E-state index contributed by atoms with van der Waals surface area (Å²) in [4.78, 5) is 23.8. The Kier molecular flexibility index (Phi) is 3.34. The Labute approximate surface area is 89.2 Å². The maximum Gasteiger partial charge on any atom is 0.305 e. The number of carbonyl (C=O) groups is 2. The fourth-order valence-corrected chi connectivity index (χ4v) is 1.81. The minimum Gasteiger partial charge on any atom is -0.481 e. The lowest BCUT2D eigenvalue weighted by atomic mass is 9.93. The first kappa shape index (κ1) is 12.0. The molecule has 5 heteroatoms. The minimum absolute atomic E-state index is 0.124. The molecule has 1 fully saturated rings. The van der Waals surface area contributed by atoms with E-state index in [0.29, 0.717) is 13.1 Å². The maximum absolute atomic E-state index is 11.7. The molecule has 1 atom stereocenters. The van der Waals surface area contributed by atoms with Gasteiger partial charge in [0.15, 0.2) is 0 Å². The molecule has 1 aliphatic heterocycles. The molecule has 0 radical (unpaired) electrons. The fraction of sp³-hybridized carbons (Fsp3) is 0.800. The van der Waals surface area contributed by atoms with E-state index in [1.54, 1.807) is 4.90 Å². The number of likely N-dealkylation sites (tertiary alicyclic amines) is 1. The molecule has 0 bridgehead atoms. The molecule has 0 aliphatic carbocycles. The van der Waals surface area contributed by atoms with Gasteiger partial charge in [-0.15, -0.1) is 0 Å². The van der Waals surface area contributed by atoms with Crippen molar-refractivity contribution in [3.8, 4) is 0 Å². The van der Waals surface area contributed by atoms with E-state index in [1.165, 1.54) is 0 Å². The molecule has 1 unspecified atom stereocenters. The highest BCUT2D eigenvalue weighted by Crippen LogP contribution is 2.28. The quantitative estimate of drug-likeness (QED) is 0.695. The monoisotopic (exact) mass is 214 g/mol. The third-order valence-corrected chi connectivity index (χ3v) is 2.70. The Bertz CT molecular complexity index is 276. The van der Waals surface area contributed by atoms with Crippen LogP contribution in [0.5, 0.6) is 0 Å². The van der Waals surface area contributed by atoms with Gasteiger partial charge in [0.05, 0.1) is 12.5 Å². The number of hydrogen-bond acceptors (Lipinski definition) is 3. The van der Waals surface area contributed by atoms with Gasteiger partial charge in [0.2, 0.25) is 5.91 Å². The van der Waals surface area contributed by atoms with E-state index in [9.17, 15) is 9.59 Å². The largest absolute Gasteiger partial charge is 0.481 e. The van der Waals surface area contributed by atoms with E-state index >= 15 is 0 Å². The Morgan fingerprint density at radius 3 is 2.53 bits per heavy atom. The van der Waals surface area contributed by atoms with Gasteiger partial charge in [0, 0.05) is 13.1 Å². The molecule has 1 aliphatic rings. The maximum atomic E-state index is 11.7. The molecule has 0 spiro atoms. The van der Waals surface area contributed by atoms with E-state index in [0.717, 1.165) is 6.42 Å². The van der Waals surface area contributed by atoms with Crippen molar-refractivity contribution in [2.45, 2.75) is 32.7 Å². The smallest absolute Gasteiger partial charge is 0.305 e. The van der Waals surface area contributed by atoms with Crippen molar-refractivity contribution in [3.63, 3.8) is 0 Å². The second kappa shape index (κ2) is 4.18. The van der Waals surface area contributed by atoms with Gasteiger partial charge in [-0.25, -0.2) is 0 Å². The second-order valence-electron chi connectivity index (χ2n) is 4.88. The van der Waals surface area contributed by atoms with Crippen molar-refractivity contribution in [1.82, 2.24) is 4.90 Å². The molecule has 1 saturated heterocycles. The summed E-state index contributed by atoms with van der Waals surface area (Å²) < 4.78 is 0. The number of rotatable bonds is 3. The molecule has 1 heterocycles. The average molecular weight is 214 g/mol. The van der Waals surface area contributed by atoms with Gasteiger partial charge in [0.1, 0.15) is 0 Å². The fourth-order valence-electron chi connectivity index (χ4n) is 1.81. The first-order valence-electron chi connectivity index (χ1n) is 5.08. The highest BCUT2D eigenvalue weighted by molar-refractivity contribution is 5.86. The lowest BCUT2D eigenvalue weighted by Crippen LogP contribution is -2.44. The van der Waals surface area contributed by atoms with Crippen LogP contribution >= 0.6 is 0 Å². The summed E-state index contributed by atoms with van der Waals surface area (Å²) in [5, 5.41) is 8.53. The number of nitrogens with two attached hydrogens (primary N) is 1. The molecule has 5 nitrogen and oxygen atoms in total. The highest BCUT2D eigenvalue weighted by atomic mass is 16.4. The van der Waals surface area contributed by atoms with Crippen LogP contribution in [0.3, 0.4) is 0 Å². The normalized spacial score (nSPS) is 21.4. The first-order valence-corrected chi connectivity index (χ1v) is 5.08. The molecule has 0 aromatic heterocycles. The van der Waals surface area contributed by atoms with Crippen LogP contribution in [0.15, 0.2) is 0 Å². The summed E-state index contributed by atoms with van der Waals surface area (Å²) in [5.74, 6) is -1.28. The van der Waals surface area contributed by atoms with Crippen LogP contribution in [0.1, 0.15) is 26.7 Å². The van der Waals surface area contributed by atoms with Crippen LogP contribution in [0.4, 0.5) is 0 Å². The van der Waals surface area contributed by atoms with Crippen LogP contribution in [-0.2, 0) is 9.59 Å². The number of hydrogen-bond donors (Lipinski definition) is 2. The van der Waals surface area contributed by atoms with Gasteiger partial charge >= 0.3 is 5.97 Å². The van der Waals surface area contributed by atoms with Crippen LogP contribution in [0.2, 0.25) is 0 Å². The zero-order valence-corrected chi connectivity index (χ0v) is 9.19. The SMILES string of the molecule is CC1(C)CCN(C(=O)C(N)CC(=O)O)C1. The number of carboxylic acids is 1. The van der Waals surface area contributed by atoms with E-state index < -0.39 is 12.0 Å². The van der Waals surface area contributed by atoms with Gasteiger partial charge in [-0.1, -0.05) is 13.8 Å². The summed E-state index contributed by atoms with van der Waals surface area (Å²) in [6, 6.07) is -0.906. The number of aliphatic carboxylic acids is 1. The lowest BCUT2D eigenvalue weighted by molar-refractivity contribution is -0.141. The Morgan fingerprint density at radius 2 is 2.13 bits per heavy atom.